The molecule has 1 fully saturated rings. The number of alkyl halides is 3. The first kappa shape index (κ1) is 15.4. The van der Waals surface area contributed by atoms with Crippen LogP contribution in [0.2, 0.25) is 0 Å². The molecule has 1 atom stereocenters. The smallest absolute Gasteiger partial charge is 0.309 e. The summed E-state index contributed by atoms with van der Waals surface area (Å²) in [5.74, 6) is 0. The number of rotatable bonds is 3. The number of halogens is 3. The minimum absolute atomic E-state index is 0.158. The quantitative estimate of drug-likeness (QED) is 0.844. The Balaban J connectivity index is 2.08. The van der Waals surface area contributed by atoms with Crippen molar-refractivity contribution >= 4 is 0 Å². The van der Waals surface area contributed by atoms with Gasteiger partial charge in [0.2, 0.25) is 0 Å². The molecule has 1 aliphatic rings. The van der Waals surface area contributed by atoms with Crippen molar-refractivity contribution in [3.8, 4) is 0 Å². The van der Waals surface area contributed by atoms with Gasteiger partial charge in [-0.3, -0.25) is 0 Å². The van der Waals surface area contributed by atoms with Gasteiger partial charge in [0.25, 0.3) is 0 Å². The van der Waals surface area contributed by atoms with Crippen LogP contribution in [0.4, 0.5) is 13.2 Å². The Labute approximate surface area is 118 Å². The molecular weight excluding hydrogens is 263 g/mol. The first-order chi connectivity index (χ1) is 9.31. The zero-order valence-electron chi connectivity index (χ0n) is 12.1. The molecule has 1 aromatic carbocycles. The molecule has 1 aromatic rings. The molecule has 20 heavy (non-hydrogen) atoms. The second-order valence-electron chi connectivity index (χ2n) is 6.32. The Morgan fingerprint density at radius 3 is 2.55 bits per heavy atom. The monoisotopic (exact) mass is 285 g/mol. The Hall–Kier alpha value is -1.03. The molecule has 1 N–H and O–H groups in total. The summed E-state index contributed by atoms with van der Waals surface area (Å²) in [6, 6.07) is 6.11. The molecule has 0 aromatic heterocycles. The van der Waals surface area contributed by atoms with Gasteiger partial charge < -0.3 is 5.32 Å². The van der Waals surface area contributed by atoms with Gasteiger partial charge in [0, 0.05) is 12.6 Å². The molecule has 0 aliphatic heterocycles. The lowest BCUT2D eigenvalue weighted by Gasteiger charge is -2.39. The predicted octanol–water partition coefficient (Wildman–Crippen LogP) is 4.76. The number of nitrogens with one attached hydrogen (secondary N) is 1. The van der Waals surface area contributed by atoms with Crippen LogP contribution in [0.15, 0.2) is 24.3 Å². The third kappa shape index (κ3) is 3.54. The number of hydrogen-bond donors (Lipinski definition) is 1. The van der Waals surface area contributed by atoms with Gasteiger partial charge >= 0.3 is 6.18 Å². The van der Waals surface area contributed by atoms with Crippen LogP contribution in [-0.4, -0.2) is 6.04 Å². The van der Waals surface area contributed by atoms with E-state index in [9.17, 15) is 13.2 Å². The van der Waals surface area contributed by atoms with Crippen LogP contribution < -0.4 is 5.32 Å². The van der Waals surface area contributed by atoms with Crippen LogP contribution in [0.1, 0.15) is 50.7 Å². The van der Waals surface area contributed by atoms with Crippen LogP contribution in [0.25, 0.3) is 0 Å². The molecule has 0 saturated heterocycles. The second kappa shape index (κ2) is 5.76. The summed E-state index contributed by atoms with van der Waals surface area (Å²) in [5, 5.41) is 3.34. The highest BCUT2D eigenvalue weighted by Gasteiger charge is 2.34. The SMILES string of the molecule is CC1(C)CCCCC1NCc1ccccc1C(F)(F)F. The fourth-order valence-corrected chi connectivity index (χ4v) is 3.06. The average molecular weight is 285 g/mol. The standard InChI is InChI=1S/C16H22F3N/c1-15(2)10-6-5-9-14(15)20-11-12-7-3-4-8-13(12)16(17,18)19/h3-4,7-8,14,20H,5-6,9-11H2,1-2H3. The summed E-state index contributed by atoms with van der Waals surface area (Å²) in [5.41, 5.74) is -0.0340. The van der Waals surface area contributed by atoms with Gasteiger partial charge in [0.15, 0.2) is 0 Å². The van der Waals surface area contributed by atoms with E-state index in [1.54, 1.807) is 12.1 Å². The van der Waals surface area contributed by atoms with Crippen molar-refractivity contribution in [1.82, 2.24) is 5.32 Å². The molecular formula is C16H22F3N. The molecule has 1 saturated carbocycles. The van der Waals surface area contributed by atoms with Crippen molar-refractivity contribution in [2.75, 3.05) is 0 Å². The first-order valence-electron chi connectivity index (χ1n) is 7.19. The summed E-state index contributed by atoms with van der Waals surface area (Å²) in [6.07, 6.45) is 0.263. The van der Waals surface area contributed by atoms with E-state index in [-0.39, 0.29) is 18.0 Å². The van der Waals surface area contributed by atoms with E-state index in [4.69, 9.17) is 0 Å². The van der Waals surface area contributed by atoms with Gasteiger partial charge in [0.1, 0.15) is 0 Å². The van der Waals surface area contributed by atoms with Crippen molar-refractivity contribution in [2.45, 2.75) is 58.3 Å². The van der Waals surface area contributed by atoms with E-state index in [2.05, 4.69) is 19.2 Å². The second-order valence-corrected chi connectivity index (χ2v) is 6.32. The molecule has 0 bridgehead atoms. The molecule has 1 aliphatic carbocycles. The number of benzene rings is 1. The van der Waals surface area contributed by atoms with E-state index in [0.717, 1.165) is 25.3 Å². The van der Waals surface area contributed by atoms with Gasteiger partial charge in [0.05, 0.1) is 5.56 Å². The fourth-order valence-electron chi connectivity index (χ4n) is 3.06. The highest BCUT2D eigenvalue weighted by Crippen LogP contribution is 2.36. The van der Waals surface area contributed by atoms with Crippen molar-refractivity contribution in [3.63, 3.8) is 0 Å². The summed E-state index contributed by atoms with van der Waals surface area (Å²) in [7, 11) is 0. The zero-order chi connectivity index (χ0) is 14.8. The summed E-state index contributed by atoms with van der Waals surface area (Å²) in [4.78, 5) is 0. The third-order valence-corrected chi connectivity index (χ3v) is 4.37. The molecule has 0 amide bonds. The largest absolute Gasteiger partial charge is 0.416 e. The average Bonchev–Trinajstić information content (AvgIpc) is 2.36. The van der Waals surface area contributed by atoms with E-state index >= 15 is 0 Å². The Morgan fingerprint density at radius 2 is 1.90 bits per heavy atom. The first-order valence-corrected chi connectivity index (χ1v) is 7.19. The maximum Gasteiger partial charge on any atom is 0.416 e. The predicted molar refractivity (Wildman–Crippen MR) is 74.3 cm³/mol. The van der Waals surface area contributed by atoms with Crippen molar-refractivity contribution in [3.05, 3.63) is 35.4 Å². The van der Waals surface area contributed by atoms with Crippen LogP contribution in [-0.2, 0) is 12.7 Å². The van der Waals surface area contributed by atoms with Gasteiger partial charge in [-0.15, -0.1) is 0 Å². The highest BCUT2D eigenvalue weighted by atomic mass is 19.4. The lowest BCUT2D eigenvalue weighted by atomic mass is 9.73. The van der Waals surface area contributed by atoms with E-state index in [1.165, 1.54) is 12.5 Å². The van der Waals surface area contributed by atoms with Crippen LogP contribution in [0, 0.1) is 5.41 Å². The summed E-state index contributed by atoms with van der Waals surface area (Å²) >= 11 is 0. The van der Waals surface area contributed by atoms with Gasteiger partial charge in [-0.25, -0.2) is 0 Å². The molecule has 112 valence electrons. The van der Waals surface area contributed by atoms with E-state index < -0.39 is 11.7 Å². The molecule has 1 unspecified atom stereocenters. The van der Waals surface area contributed by atoms with Gasteiger partial charge in [-0.05, 0) is 29.9 Å². The van der Waals surface area contributed by atoms with Crippen LogP contribution in [0.3, 0.4) is 0 Å². The third-order valence-electron chi connectivity index (χ3n) is 4.37. The normalized spacial score (nSPS) is 22.8. The van der Waals surface area contributed by atoms with Crippen molar-refractivity contribution < 1.29 is 13.2 Å². The van der Waals surface area contributed by atoms with E-state index in [0.29, 0.717) is 5.56 Å². The summed E-state index contributed by atoms with van der Waals surface area (Å²) < 4.78 is 38.8. The maximum absolute atomic E-state index is 12.9. The van der Waals surface area contributed by atoms with Gasteiger partial charge in [-0.2, -0.15) is 13.2 Å². The maximum atomic E-state index is 12.9. The topological polar surface area (TPSA) is 12.0 Å². The Bertz CT molecular complexity index is 451. The Morgan fingerprint density at radius 1 is 1.20 bits per heavy atom. The molecule has 0 heterocycles. The van der Waals surface area contributed by atoms with Crippen molar-refractivity contribution in [2.24, 2.45) is 5.41 Å². The fraction of sp³-hybridized carbons (Fsp3) is 0.625. The lowest BCUT2D eigenvalue weighted by molar-refractivity contribution is -0.138. The number of hydrogen-bond acceptors (Lipinski definition) is 1. The zero-order valence-corrected chi connectivity index (χ0v) is 12.1. The molecule has 2 rings (SSSR count). The Kier molecular flexibility index (Phi) is 4.43. The van der Waals surface area contributed by atoms with E-state index in [1.807, 2.05) is 0 Å². The van der Waals surface area contributed by atoms with Crippen molar-refractivity contribution in [1.29, 1.82) is 0 Å². The van der Waals surface area contributed by atoms with Gasteiger partial charge in [-0.1, -0.05) is 44.9 Å². The minimum atomic E-state index is -4.28. The minimum Gasteiger partial charge on any atom is -0.309 e. The molecule has 1 nitrogen and oxygen atoms in total. The molecule has 0 spiro atoms. The van der Waals surface area contributed by atoms with Crippen LogP contribution in [0.5, 0.6) is 0 Å². The summed E-state index contributed by atoms with van der Waals surface area (Å²) in [6.45, 7) is 4.67. The molecule has 4 heteroatoms. The molecule has 0 radical (unpaired) electrons. The highest BCUT2D eigenvalue weighted by molar-refractivity contribution is 5.29. The van der Waals surface area contributed by atoms with Crippen LogP contribution >= 0.6 is 0 Å². The lowest BCUT2D eigenvalue weighted by Crippen LogP contribution is -2.43.